The summed E-state index contributed by atoms with van der Waals surface area (Å²) in [5.41, 5.74) is 1.76. The number of hydrogen-bond donors (Lipinski definition) is 1. The van der Waals surface area contributed by atoms with Crippen LogP contribution in [0.4, 0.5) is 0 Å². The van der Waals surface area contributed by atoms with Gasteiger partial charge in [-0.3, -0.25) is 0 Å². The van der Waals surface area contributed by atoms with Gasteiger partial charge in [0.1, 0.15) is 17.1 Å². The normalized spacial score (nSPS) is 11.1. The summed E-state index contributed by atoms with van der Waals surface area (Å²) in [4.78, 5) is 4.51. The van der Waals surface area contributed by atoms with E-state index in [0.29, 0.717) is 5.75 Å². The van der Waals surface area contributed by atoms with Gasteiger partial charge in [0, 0.05) is 13.0 Å². The summed E-state index contributed by atoms with van der Waals surface area (Å²) in [6.07, 6.45) is 1.95. The number of hydrogen-bond acceptors (Lipinski definition) is 2. The van der Waals surface area contributed by atoms with E-state index in [4.69, 9.17) is 0 Å². The van der Waals surface area contributed by atoms with Crippen LogP contribution in [0.25, 0.3) is 11.0 Å². The summed E-state index contributed by atoms with van der Waals surface area (Å²) in [5, 5.41) is 9.83. The zero-order valence-corrected chi connectivity index (χ0v) is 9.20. The van der Waals surface area contributed by atoms with E-state index < -0.39 is 0 Å². The van der Waals surface area contributed by atoms with E-state index >= 15 is 0 Å². The van der Waals surface area contributed by atoms with Crippen LogP contribution in [0.1, 0.15) is 26.1 Å². The zero-order chi connectivity index (χ0) is 10.8. The van der Waals surface area contributed by atoms with E-state index in [9.17, 15) is 5.11 Å². The first-order chi connectivity index (χ1) is 7.27. The third-order valence-electron chi connectivity index (χ3n) is 2.59. The van der Waals surface area contributed by atoms with Gasteiger partial charge in [-0.25, -0.2) is 4.98 Å². The maximum atomic E-state index is 9.83. The van der Waals surface area contributed by atoms with Crippen molar-refractivity contribution in [1.82, 2.24) is 9.55 Å². The fraction of sp³-hybridized carbons (Fsp3) is 0.417. The molecule has 0 aliphatic heterocycles. The van der Waals surface area contributed by atoms with Crippen LogP contribution in [0.2, 0.25) is 0 Å². The molecule has 0 unspecified atom stereocenters. The molecule has 0 aliphatic rings. The van der Waals surface area contributed by atoms with Gasteiger partial charge < -0.3 is 9.67 Å². The lowest BCUT2D eigenvalue weighted by atomic mass is 10.3. The highest BCUT2D eigenvalue weighted by atomic mass is 16.3. The van der Waals surface area contributed by atoms with Gasteiger partial charge >= 0.3 is 0 Å². The van der Waals surface area contributed by atoms with Gasteiger partial charge in [0.05, 0.1) is 5.52 Å². The Bertz CT molecular complexity index is 474. The van der Waals surface area contributed by atoms with Gasteiger partial charge in [0.2, 0.25) is 0 Å². The minimum Gasteiger partial charge on any atom is -0.506 e. The summed E-state index contributed by atoms with van der Waals surface area (Å²) in [6.45, 7) is 5.13. The number of phenolic OH excluding ortho intramolecular Hbond substituents is 1. The Morgan fingerprint density at radius 3 is 2.80 bits per heavy atom. The lowest BCUT2D eigenvalue weighted by Crippen LogP contribution is -2.02. The van der Waals surface area contributed by atoms with Crippen molar-refractivity contribution in [3.05, 3.63) is 24.0 Å². The molecular weight excluding hydrogens is 188 g/mol. The molecule has 1 N–H and O–H groups in total. The number of para-hydroxylation sites is 1. The van der Waals surface area contributed by atoms with Crippen LogP contribution in [0.15, 0.2) is 18.2 Å². The second kappa shape index (κ2) is 3.93. The molecule has 1 aromatic heterocycles. The van der Waals surface area contributed by atoms with Gasteiger partial charge in [0.15, 0.2) is 0 Å². The van der Waals surface area contributed by atoms with Crippen molar-refractivity contribution < 1.29 is 5.11 Å². The molecule has 80 valence electrons. The molecule has 1 aromatic carbocycles. The summed E-state index contributed by atoms with van der Waals surface area (Å²) < 4.78 is 2.12. The lowest BCUT2D eigenvalue weighted by Gasteiger charge is -2.06. The van der Waals surface area contributed by atoms with E-state index in [1.54, 1.807) is 6.07 Å². The number of aryl methyl sites for hydroxylation is 2. The number of benzene rings is 1. The van der Waals surface area contributed by atoms with Crippen LogP contribution in [0, 0.1) is 0 Å². The standard InChI is InChI=1S/C12H16N2O/c1-3-8-14-11(4-2)13-9-6-5-7-10(15)12(9)14/h5-7,15H,3-4,8H2,1-2H3. The van der Waals surface area contributed by atoms with E-state index in [0.717, 1.165) is 36.2 Å². The quantitative estimate of drug-likeness (QED) is 0.834. The first-order valence-corrected chi connectivity index (χ1v) is 5.45. The lowest BCUT2D eigenvalue weighted by molar-refractivity contribution is 0.476. The van der Waals surface area contributed by atoms with Gasteiger partial charge in [-0.15, -0.1) is 0 Å². The van der Waals surface area contributed by atoms with Crippen molar-refractivity contribution in [1.29, 1.82) is 0 Å². The molecule has 0 atom stereocenters. The average Bonchev–Trinajstić information content (AvgIpc) is 2.58. The molecule has 3 heteroatoms. The Balaban J connectivity index is 2.70. The van der Waals surface area contributed by atoms with Crippen molar-refractivity contribution in [2.45, 2.75) is 33.2 Å². The number of fused-ring (bicyclic) bond motifs is 1. The summed E-state index contributed by atoms with van der Waals surface area (Å²) in [7, 11) is 0. The van der Waals surface area contributed by atoms with Gasteiger partial charge in [-0.1, -0.05) is 19.9 Å². The number of nitrogens with zero attached hydrogens (tertiary/aromatic N) is 2. The highest BCUT2D eigenvalue weighted by Gasteiger charge is 2.11. The molecule has 0 saturated heterocycles. The molecule has 0 aliphatic carbocycles. The molecular formula is C12H16N2O. The third-order valence-corrected chi connectivity index (χ3v) is 2.59. The van der Waals surface area contributed by atoms with Crippen molar-refractivity contribution >= 4 is 11.0 Å². The smallest absolute Gasteiger partial charge is 0.141 e. The van der Waals surface area contributed by atoms with Crippen molar-refractivity contribution in [3.8, 4) is 5.75 Å². The first kappa shape index (κ1) is 10.0. The number of rotatable bonds is 3. The number of aromatic nitrogens is 2. The van der Waals surface area contributed by atoms with Gasteiger partial charge in [-0.05, 0) is 18.6 Å². The first-order valence-electron chi connectivity index (χ1n) is 5.45. The zero-order valence-electron chi connectivity index (χ0n) is 9.20. The molecule has 0 fully saturated rings. The van der Waals surface area contributed by atoms with Crippen LogP contribution in [0.5, 0.6) is 5.75 Å². The van der Waals surface area contributed by atoms with Crippen molar-refractivity contribution in [2.24, 2.45) is 0 Å². The maximum absolute atomic E-state index is 9.83. The molecule has 1 heterocycles. The largest absolute Gasteiger partial charge is 0.506 e. The molecule has 3 nitrogen and oxygen atoms in total. The van der Waals surface area contributed by atoms with E-state index in [1.165, 1.54) is 0 Å². The van der Waals surface area contributed by atoms with Crippen molar-refractivity contribution in [2.75, 3.05) is 0 Å². The Morgan fingerprint density at radius 2 is 2.13 bits per heavy atom. The fourth-order valence-corrected chi connectivity index (χ4v) is 1.95. The second-order valence-electron chi connectivity index (χ2n) is 3.68. The predicted octanol–water partition coefficient (Wildman–Crippen LogP) is 2.71. The van der Waals surface area contributed by atoms with E-state index in [2.05, 4.69) is 23.4 Å². The molecule has 15 heavy (non-hydrogen) atoms. The molecule has 0 bridgehead atoms. The van der Waals surface area contributed by atoms with Crippen LogP contribution < -0.4 is 0 Å². The van der Waals surface area contributed by atoms with Gasteiger partial charge in [0.25, 0.3) is 0 Å². The number of phenols is 1. The van der Waals surface area contributed by atoms with Gasteiger partial charge in [-0.2, -0.15) is 0 Å². The summed E-state index contributed by atoms with van der Waals surface area (Å²) in [6, 6.07) is 5.50. The Morgan fingerprint density at radius 1 is 1.33 bits per heavy atom. The predicted molar refractivity (Wildman–Crippen MR) is 61.1 cm³/mol. The molecule has 2 aromatic rings. The van der Waals surface area contributed by atoms with E-state index in [-0.39, 0.29) is 0 Å². The molecule has 0 saturated carbocycles. The average molecular weight is 204 g/mol. The highest BCUT2D eigenvalue weighted by molar-refractivity contribution is 5.82. The Kier molecular flexibility index (Phi) is 2.62. The topological polar surface area (TPSA) is 38.0 Å². The molecule has 0 radical (unpaired) electrons. The van der Waals surface area contributed by atoms with Crippen LogP contribution in [0.3, 0.4) is 0 Å². The highest BCUT2D eigenvalue weighted by Crippen LogP contribution is 2.25. The molecule has 0 spiro atoms. The molecule has 2 rings (SSSR count). The fourth-order valence-electron chi connectivity index (χ4n) is 1.95. The molecule has 0 amide bonds. The summed E-state index contributed by atoms with van der Waals surface area (Å²) >= 11 is 0. The Hall–Kier alpha value is -1.51. The van der Waals surface area contributed by atoms with Crippen LogP contribution >= 0.6 is 0 Å². The minimum atomic E-state index is 0.327. The third kappa shape index (κ3) is 1.58. The monoisotopic (exact) mass is 204 g/mol. The van der Waals surface area contributed by atoms with Crippen LogP contribution in [-0.4, -0.2) is 14.7 Å². The maximum Gasteiger partial charge on any atom is 0.141 e. The number of aromatic hydroxyl groups is 1. The van der Waals surface area contributed by atoms with Crippen molar-refractivity contribution in [3.63, 3.8) is 0 Å². The van der Waals surface area contributed by atoms with Crippen LogP contribution in [-0.2, 0) is 13.0 Å². The minimum absolute atomic E-state index is 0.327. The number of imidazole rings is 1. The summed E-state index contributed by atoms with van der Waals surface area (Å²) in [5.74, 6) is 1.38. The second-order valence-corrected chi connectivity index (χ2v) is 3.68. The Labute approximate surface area is 89.4 Å². The SMILES string of the molecule is CCCn1c(CC)nc2cccc(O)c21. The van der Waals surface area contributed by atoms with E-state index in [1.807, 2.05) is 12.1 Å².